The Labute approximate surface area is 91.1 Å². The summed E-state index contributed by atoms with van der Waals surface area (Å²) in [5.41, 5.74) is 1.84. The zero-order valence-corrected chi connectivity index (χ0v) is 9.50. The monoisotopic (exact) mass is 205 g/mol. The Hall–Kier alpha value is -1.51. The molecular weight excluding hydrogens is 188 g/mol. The number of carbonyl (C=O) groups is 1. The number of nitrogens with one attached hydrogen (secondary N) is 1. The summed E-state index contributed by atoms with van der Waals surface area (Å²) in [6.07, 6.45) is 0. The van der Waals surface area contributed by atoms with E-state index in [0.29, 0.717) is 0 Å². The molecule has 1 aromatic carbocycles. The van der Waals surface area contributed by atoms with Gasteiger partial charge in [-0.25, -0.2) is 0 Å². The number of nitrogens with zero attached hydrogens (tertiary/aromatic N) is 1. The highest BCUT2D eigenvalue weighted by molar-refractivity contribution is 5.89. The van der Waals surface area contributed by atoms with E-state index in [1.54, 1.807) is 0 Å². The maximum absolute atomic E-state index is 10.9. The molecule has 15 heavy (non-hydrogen) atoms. The Morgan fingerprint density at radius 1 is 1.47 bits per heavy atom. The smallest absolute Gasteiger partial charge is 0.221 e. The second-order valence-electron chi connectivity index (χ2n) is 3.31. The van der Waals surface area contributed by atoms with Gasteiger partial charge >= 0.3 is 0 Å². The molecule has 0 heterocycles. The van der Waals surface area contributed by atoms with Gasteiger partial charge in [0.25, 0.3) is 0 Å². The molecule has 3 heteroatoms. The molecule has 0 aliphatic rings. The van der Waals surface area contributed by atoms with Crippen LogP contribution in [0, 0.1) is 6.07 Å². The van der Waals surface area contributed by atoms with Crippen LogP contribution in [0.25, 0.3) is 0 Å². The molecule has 1 rings (SSSR count). The van der Waals surface area contributed by atoms with E-state index in [9.17, 15) is 4.79 Å². The predicted molar refractivity (Wildman–Crippen MR) is 63.1 cm³/mol. The van der Waals surface area contributed by atoms with Crippen molar-refractivity contribution in [3.63, 3.8) is 0 Å². The molecule has 0 aliphatic carbocycles. The van der Waals surface area contributed by atoms with Gasteiger partial charge in [0.15, 0.2) is 0 Å². The summed E-state index contributed by atoms with van der Waals surface area (Å²) in [5.74, 6) is -0.0667. The van der Waals surface area contributed by atoms with Crippen molar-refractivity contribution in [2.24, 2.45) is 0 Å². The van der Waals surface area contributed by atoms with Crippen LogP contribution in [-0.2, 0) is 4.79 Å². The third-order valence-electron chi connectivity index (χ3n) is 2.22. The Morgan fingerprint density at radius 2 is 2.13 bits per heavy atom. The van der Waals surface area contributed by atoms with Gasteiger partial charge in [-0.3, -0.25) is 4.79 Å². The van der Waals surface area contributed by atoms with Crippen LogP contribution < -0.4 is 10.2 Å². The molecule has 1 aromatic rings. The van der Waals surface area contributed by atoms with E-state index in [-0.39, 0.29) is 5.91 Å². The van der Waals surface area contributed by atoms with Crippen LogP contribution >= 0.6 is 0 Å². The van der Waals surface area contributed by atoms with Crippen LogP contribution in [-0.4, -0.2) is 19.0 Å². The van der Waals surface area contributed by atoms with E-state index in [2.05, 4.69) is 30.1 Å². The maximum atomic E-state index is 10.9. The van der Waals surface area contributed by atoms with Crippen molar-refractivity contribution in [1.29, 1.82) is 0 Å². The second kappa shape index (κ2) is 5.39. The van der Waals surface area contributed by atoms with Gasteiger partial charge < -0.3 is 10.2 Å². The summed E-state index contributed by atoms with van der Waals surface area (Å²) < 4.78 is 0. The van der Waals surface area contributed by atoms with Gasteiger partial charge in [0, 0.05) is 31.8 Å². The minimum atomic E-state index is -0.0667. The van der Waals surface area contributed by atoms with Crippen LogP contribution in [0.2, 0.25) is 0 Å². The summed E-state index contributed by atoms with van der Waals surface area (Å²) in [7, 11) is 0. The Bertz CT molecular complexity index is 332. The van der Waals surface area contributed by atoms with Crippen molar-refractivity contribution in [1.82, 2.24) is 0 Å². The van der Waals surface area contributed by atoms with E-state index in [1.807, 2.05) is 18.2 Å². The lowest BCUT2D eigenvalue weighted by Crippen LogP contribution is -2.21. The molecule has 1 radical (unpaired) electrons. The molecule has 1 N–H and O–H groups in total. The van der Waals surface area contributed by atoms with Gasteiger partial charge in [0.2, 0.25) is 5.91 Å². The third-order valence-corrected chi connectivity index (χ3v) is 2.22. The fourth-order valence-electron chi connectivity index (χ4n) is 1.50. The van der Waals surface area contributed by atoms with Crippen molar-refractivity contribution in [3.8, 4) is 0 Å². The SMILES string of the molecule is CCN(CC)c1cc[c]c(NC(C)=O)c1. The van der Waals surface area contributed by atoms with E-state index >= 15 is 0 Å². The summed E-state index contributed by atoms with van der Waals surface area (Å²) in [6, 6.07) is 8.75. The largest absolute Gasteiger partial charge is 0.372 e. The van der Waals surface area contributed by atoms with Crippen LogP contribution in [0.15, 0.2) is 18.2 Å². The highest BCUT2D eigenvalue weighted by Crippen LogP contribution is 2.18. The molecule has 0 bridgehead atoms. The van der Waals surface area contributed by atoms with Crippen LogP contribution in [0.3, 0.4) is 0 Å². The minimum Gasteiger partial charge on any atom is -0.372 e. The van der Waals surface area contributed by atoms with Crippen LogP contribution in [0.5, 0.6) is 0 Å². The van der Waals surface area contributed by atoms with Gasteiger partial charge in [-0.1, -0.05) is 6.07 Å². The molecule has 0 saturated heterocycles. The fraction of sp³-hybridized carbons (Fsp3) is 0.417. The van der Waals surface area contributed by atoms with Gasteiger partial charge in [-0.15, -0.1) is 0 Å². The minimum absolute atomic E-state index is 0.0667. The van der Waals surface area contributed by atoms with Gasteiger partial charge in [0.05, 0.1) is 5.69 Å². The third kappa shape index (κ3) is 3.27. The molecule has 3 nitrogen and oxygen atoms in total. The zero-order valence-electron chi connectivity index (χ0n) is 9.50. The number of hydrogen-bond donors (Lipinski definition) is 1. The van der Waals surface area contributed by atoms with Crippen molar-refractivity contribution in [2.75, 3.05) is 23.3 Å². The molecule has 0 unspecified atom stereocenters. The van der Waals surface area contributed by atoms with Crippen molar-refractivity contribution >= 4 is 17.3 Å². The van der Waals surface area contributed by atoms with E-state index in [0.717, 1.165) is 24.5 Å². The predicted octanol–water partition coefficient (Wildman–Crippen LogP) is 2.29. The Kier molecular flexibility index (Phi) is 4.16. The lowest BCUT2D eigenvalue weighted by atomic mass is 10.2. The number of anilines is 2. The summed E-state index contributed by atoms with van der Waals surface area (Å²) in [5, 5.41) is 2.73. The normalized spacial score (nSPS) is 9.80. The number of rotatable bonds is 4. The highest BCUT2D eigenvalue weighted by atomic mass is 16.1. The Morgan fingerprint density at radius 3 is 2.67 bits per heavy atom. The fourth-order valence-corrected chi connectivity index (χ4v) is 1.50. The van der Waals surface area contributed by atoms with Gasteiger partial charge in [-0.2, -0.15) is 0 Å². The van der Waals surface area contributed by atoms with Gasteiger partial charge in [0.1, 0.15) is 0 Å². The van der Waals surface area contributed by atoms with E-state index in [1.165, 1.54) is 6.92 Å². The zero-order chi connectivity index (χ0) is 11.3. The first-order chi connectivity index (χ1) is 7.17. The topological polar surface area (TPSA) is 32.3 Å². The molecular formula is C12H17N2O. The summed E-state index contributed by atoms with van der Waals surface area (Å²) in [6.45, 7) is 7.63. The van der Waals surface area contributed by atoms with Crippen molar-refractivity contribution < 1.29 is 4.79 Å². The second-order valence-corrected chi connectivity index (χ2v) is 3.31. The lowest BCUT2D eigenvalue weighted by molar-refractivity contribution is -0.114. The molecule has 0 spiro atoms. The first-order valence-corrected chi connectivity index (χ1v) is 5.21. The van der Waals surface area contributed by atoms with E-state index < -0.39 is 0 Å². The highest BCUT2D eigenvalue weighted by Gasteiger charge is 2.03. The summed E-state index contributed by atoms with van der Waals surface area (Å²) in [4.78, 5) is 13.1. The van der Waals surface area contributed by atoms with Crippen LogP contribution in [0.1, 0.15) is 20.8 Å². The van der Waals surface area contributed by atoms with E-state index in [4.69, 9.17) is 0 Å². The average Bonchev–Trinajstić information content (AvgIpc) is 2.19. The number of amides is 1. The molecule has 81 valence electrons. The Balaban J connectivity index is 2.86. The van der Waals surface area contributed by atoms with Crippen LogP contribution in [0.4, 0.5) is 11.4 Å². The molecule has 0 fully saturated rings. The molecule has 0 saturated carbocycles. The first kappa shape index (κ1) is 11.6. The molecule has 1 amide bonds. The average molecular weight is 205 g/mol. The number of hydrogen-bond acceptors (Lipinski definition) is 2. The first-order valence-electron chi connectivity index (χ1n) is 5.21. The van der Waals surface area contributed by atoms with Crippen molar-refractivity contribution in [3.05, 3.63) is 24.3 Å². The molecule has 0 aromatic heterocycles. The molecule has 0 aliphatic heterocycles. The number of benzene rings is 1. The number of carbonyl (C=O) groups excluding carboxylic acids is 1. The molecule has 0 atom stereocenters. The quantitative estimate of drug-likeness (QED) is 0.818. The maximum Gasteiger partial charge on any atom is 0.221 e. The van der Waals surface area contributed by atoms with Gasteiger partial charge in [-0.05, 0) is 26.0 Å². The lowest BCUT2D eigenvalue weighted by Gasteiger charge is -2.21. The standard InChI is InChI=1S/C12H17N2O/c1-4-14(5-2)12-8-6-7-11(9-12)13-10(3)15/h6,8-9H,4-5H2,1-3H3,(H,13,15). The van der Waals surface area contributed by atoms with Crippen molar-refractivity contribution in [2.45, 2.75) is 20.8 Å². The summed E-state index contributed by atoms with van der Waals surface area (Å²) >= 11 is 0.